The van der Waals surface area contributed by atoms with Crippen molar-refractivity contribution in [3.63, 3.8) is 0 Å². The molecule has 1 fully saturated rings. The van der Waals surface area contributed by atoms with E-state index < -0.39 is 5.60 Å². The Kier molecular flexibility index (Phi) is 9.83. The molecule has 8 heteroatoms. The fraction of sp³-hybridized carbons (Fsp3) is 0.545. The lowest BCUT2D eigenvalue weighted by molar-refractivity contribution is 0.0655. The molecule has 0 spiro atoms. The predicted molar refractivity (Wildman–Crippen MR) is 137 cm³/mol. The third-order valence-electron chi connectivity index (χ3n) is 5.33. The zero-order chi connectivity index (χ0) is 20.7. The Morgan fingerprint density at radius 3 is 2.67 bits per heavy atom. The van der Waals surface area contributed by atoms with Crippen LogP contribution in [0.2, 0.25) is 0 Å². The van der Waals surface area contributed by atoms with Gasteiger partial charge in [-0.2, -0.15) is 0 Å². The van der Waals surface area contributed by atoms with Gasteiger partial charge in [-0.1, -0.05) is 19.1 Å². The Balaban J connectivity index is 0.00000320. The van der Waals surface area contributed by atoms with E-state index in [1.54, 1.807) is 11.3 Å². The molecule has 3 rings (SSSR count). The number of rotatable bonds is 7. The number of hydrogen-bond donors (Lipinski definition) is 3. The van der Waals surface area contributed by atoms with Gasteiger partial charge in [-0.3, -0.25) is 0 Å². The summed E-state index contributed by atoms with van der Waals surface area (Å²) in [6.45, 7) is 10.0. The van der Waals surface area contributed by atoms with Crippen LogP contribution in [-0.4, -0.2) is 42.2 Å². The SMILES string of the molecule is CCNC(=NCc1ccc(N2CCC(C)CC2)nc1)NCC(C)(O)c1cccs1.I. The van der Waals surface area contributed by atoms with Crippen molar-refractivity contribution in [3.05, 3.63) is 46.3 Å². The Morgan fingerprint density at radius 2 is 2.07 bits per heavy atom. The first-order valence-corrected chi connectivity index (χ1v) is 11.3. The van der Waals surface area contributed by atoms with Crippen LogP contribution in [0.3, 0.4) is 0 Å². The second-order valence-electron chi connectivity index (χ2n) is 7.99. The van der Waals surface area contributed by atoms with Crippen LogP contribution in [0.5, 0.6) is 0 Å². The van der Waals surface area contributed by atoms with Crippen molar-refractivity contribution in [1.82, 2.24) is 15.6 Å². The molecule has 1 saturated heterocycles. The first-order chi connectivity index (χ1) is 14.0. The van der Waals surface area contributed by atoms with Crippen molar-refractivity contribution >= 4 is 47.1 Å². The van der Waals surface area contributed by atoms with Crippen LogP contribution in [-0.2, 0) is 12.1 Å². The summed E-state index contributed by atoms with van der Waals surface area (Å²) in [5, 5.41) is 19.2. The van der Waals surface area contributed by atoms with Crippen molar-refractivity contribution in [1.29, 1.82) is 0 Å². The molecule has 0 aromatic carbocycles. The highest BCUT2D eigenvalue weighted by molar-refractivity contribution is 14.0. The normalized spacial score (nSPS) is 17.2. The lowest BCUT2D eigenvalue weighted by atomic mass is 9.99. The van der Waals surface area contributed by atoms with Gasteiger partial charge in [0.05, 0.1) is 13.1 Å². The Bertz CT molecular complexity index is 771. The zero-order valence-corrected chi connectivity index (χ0v) is 21.2. The van der Waals surface area contributed by atoms with Gasteiger partial charge in [0, 0.05) is 30.7 Å². The quantitative estimate of drug-likeness (QED) is 0.280. The molecule has 2 aromatic rings. The zero-order valence-electron chi connectivity index (χ0n) is 18.1. The van der Waals surface area contributed by atoms with Gasteiger partial charge in [0.25, 0.3) is 0 Å². The number of anilines is 1. The second-order valence-corrected chi connectivity index (χ2v) is 8.94. The van der Waals surface area contributed by atoms with Gasteiger partial charge in [0.15, 0.2) is 5.96 Å². The van der Waals surface area contributed by atoms with Gasteiger partial charge in [-0.05, 0) is 55.7 Å². The minimum Gasteiger partial charge on any atom is -0.383 e. The standard InChI is InChI=1S/C22H33N5OS.HI/c1-4-23-21(26-16-22(3,28)19-6-5-13-29-19)25-15-18-7-8-20(24-14-18)27-11-9-17(2)10-12-27;/h5-8,13-14,17,28H,4,9-12,15-16H2,1-3H3,(H2,23,25,26);1H. The summed E-state index contributed by atoms with van der Waals surface area (Å²) in [5.41, 5.74) is 0.140. The Labute approximate surface area is 201 Å². The van der Waals surface area contributed by atoms with Crippen molar-refractivity contribution < 1.29 is 5.11 Å². The number of thiophene rings is 1. The highest BCUT2D eigenvalue weighted by Crippen LogP contribution is 2.24. The van der Waals surface area contributed by atoms with Crippen molar-refractivity contribution in [2.24, 2.45) is 10.9 Å². The van der Waals surface area contributed by atoms with E-state index in [-0.39, 0.29) is 24.0 Å². The smallest absolute Gasteiger partial charge is 0.191 e. The van der Waals surface area contributed by atoms with Crippen molar-refractivity contribution in [2.75, 3.05) is 31.1 Å². The number of aliphatic hydroxyl groups is 1. The molecule has 0 saturated carbocycles. The largest absolute Gasteiger partial charge is 0.383 e. The number of piperidine rings is 1. The number of aromatic nitrogens is 1. The predicted octanol–water partition coefficient (Wildman–Crippen LogP) is 3.96. The molecule has 3 N–H and O–H groups in total. The lowest BCUT2D eigenvalue weighted by Crippen LogP contribution is -2.44. The molecular formula is C22H34IN5OS. The van der Waals surface area contributed by atoms with Crippen molar-refractivity contribution in [2.45, 2.75) is 45.8 Å². The summed E-state index contributed by atoms with van der Waals surface area (Å²) < 4.78 is 0. The fourth-order valence-corrected chi connectivity index (χ4v) is 4.16. The second kappa shape index (κ2) is 11.9. The van der Waals surface area contributed by atoms with E-state index in [0.29, 0.717) is 19.0 Å². The topological polar surface area (TPSA) is 72.8 Å². The van der Waals surface area contributed by atoms with Crippen LogP contribution in [0.4, 0.5) is 5.82 Å². The molecule has 0 radical (unpaired) electrons. The number of guanidine groups is 1. The highest BCUT2D eigenvalue weighted by Gasteiger charge is 2.24. The summed E-state index contributed by atoms with van der Waals surface area (Å²) in [4.78, 5) is 12.6. The van der Waals surface area contributed by atoms with Crippen LogP contribution in [0.1, 0.15) is 44.1 Å². The molecule has 0 bridgehead atoms. The molecule has 1 atom stereocenters. The molecule has 2 aromatic heterocycles. The first kappa shape index (κ1) is 24.9. The van der Waals surface area contributed by atoms with E-state index >= 15 is 0 Å². The number of hydrogen-bond acceptors (Lipinski definition) is 5. The van der Waals surface area contributed by atoms with Gasteiger partial charge in [-0.25, -0.2) is 9.98 Å². The molecule has 1 aliphatic heterocycles. The molecular weight excluding hydrogens is 509 g/mol. The monoisotopic (exact) mass is 543 g/mol. The summed E-state index contributed by atoms with van der Waals surface area (Å²) in [5.74, 6) is 2.57. The highest BCUT2D eigenvalue weighted by atomic mass is 127. The molecule has 6 nitrogen and oxygen atoms in total. The Morgan fingerprint density at radius 1 is 1.30 bits per heavy atom. The Hall–Kier alpha value is -1.39. The first-order valence-electron chi connectivity index (χ1n) is 10.5. The minimum absolute atomic E-state index is 0. The van der Waals surface area contributed by atoms with Crippen LogP contribution in [0.15, 0.2) is 40.8 Å². The average Bonchev–Trinajstić information content (AvgIpc) is 3.27. The van der Waals surface area contributed by atoms with Gasteiger partial charge in [0.2, 0.25) is 0 Å². The number of nitrogens with zero attached hydrogens (tertiary/aromatic N) is 3. The minimum atomic E-state index is -0.931. The van der Waals surface area contributed by atoms with Gasteiger partial charge in [0.1, 0.15) is 11.4 Å². The molecule has 3 heterocycles. The van der Waals surface area contributed by atoms with E-state index in [1.165, 1.54) is 12.8 Å². The molecule has 0 aliphatic carbocycles. The maximum absolute atomic E-state index is 10.7. The lowest BCUT2D eigenvalue weighted by Gasteiger charge is -2.31. The summed E-state index contributed by atoms with van der Waals surface area (Å²) >= 11 is 1.56. The molecule has 166 valence electrons. The number of aliphatic imine (C=N–C) groups is 1. The van der Waals surface area contributed by atoms with Crippen LogP contribution < -0.4 is 15.5 Å². The van der Waals surface area contributed by atoms with Gasteiger partial charge in [-0.15, -0.1) is 35.3 Å². The maximum Gasteiger partial charge on any atom is 0.191 e. The molecule has 0 amide bonds. The number of nitrogens with one attached hydrogen (secondary N) is 2. The molecule has 30 heavy (non-hydrogen) atoms. The van der Waals surface area contributed by atoms with E-state index in [1.807, 2.05) is 37.6 Å². The fourth-order valence-electron chi connectivity index (χ4n) is 3.38. The van der Waals surface area contributed by atoms with E-state index in [4.69, 9.17) is 0 Å². The molecule has 1 aliphatic rings. The average molecular weight is 544 g/mol. The third-order valence-corrected chi connectivity index (χ3v) is 6.46. The van der Waals surface area contributed by atoms with Gasteiger partial charge < -0.3 is 20.6 Å². The van der Waals surface area contributed by atoms with E-state index in [9.17, 15) is 5.11 Å². The maximum atomic E-state index is 10.7. The summed E-state index contributed by atoms with van der Waals surface area (Å²) in [6.07, 6.45) is 4.39. The third kappa shape index (κ3) is 7.09. The van der Waals surface area contributed by atoms with Crippen LogP contribution in [0, 0.1) is 5.92 Å². The number of pyridine rings is 1. The summed E-state index contributed by atoms with van der Waals surface area (Å²) in [6, 6.07) is 8.11. The number of halogens is 1. The van der Waals surface area contributed by atoms with Gasteiger partial charge >= 0.3 is 0 Å². The van der Waals surface area contributed by atoms with Crippen molar-refractivity contribution in [3.8, 4) is 0 Å². The van der Waals surface area contributed by atoms with E-state index in [2.05, 4.69) is 44.6 Å². The molecule has 1 unspecified atom stereocenters. The van der Waals surface area contributed by atoms with E-state index in [0.717, 1.165) is 41.8 Å². The van der Waals surface area contributed by atoms with Crippen LogP contribution in [0.25, 0.3) is 0 Å². The summed E-state index contributed by atoms with van der Waals surface area (Å²) in [7, 11) is 0. The van der Waals surface area contributed by atoms with Crippen LogP contribution >= 0.6 is 35.3 Å².